The Kier molecular flexibility index (Phi) is 3.48. The Balaban J connectivity index is 1.99. The molecule has 0 aliphatic heterocycles. The number of aromatic nitrogens is 5. The SMILES string of the molecule is CC(C)CC(N)Cc1nc(-c2cn[nH]n2)no1. The van der Waals surface area contributed by atoms with Crippen molar-refractivity contribution in [1.29, 1.82) is 0 Å². The Bertz CT molecular complexity index is 449. The first-order valence-corrected chi connectivity index (χ1v) is 5.59. The molecule has 0 amide bonds. The molecule has 0 bridgehead atoms. The van der Waals surface area contributed by atoms with Crippen LogP contribution in [-0.4, -0.2) is 31.6 Å². The molecule has 0 spiro atoms. The minimum Gasteiger partial charge on any atom is -0.339 e. The second kappa shape index (κ2) is 5.05. The molecule has 0 aromatic carbocycles. The molecular formula is C10H16N6O. The maximum atomic E-state index is 5.97. The van der Waals surface area contributed by atoms with E-state index in [9.17, 15) is 0 Å². The number of nitrogens with two attached hydrogens (primary N) is 1. The van der Waals surface area contributed by atoms with Crippen LogP contribution in [0.5, 0.6) is 0 Å². The van der Waals surface area contributed by atoms with Gasteiger partial charge in [0.15, 0.2) is 5.69 Å². The predicted octanol–water partition coefficient (Wildman–Crippen LogP) is 0.771. The summed E-state index contributed by atoms with van der Waals surface area (Å²) in [4.78, 5) is 4.22. The summed E-state index contributed by atoms with van der Waals surface area (Å²) in [6.07, 6.45) is 3.06. The summed E-state index contributed by atoms with van der Waals surface area (Å²) in [7, 11) is 0. The number of aromatic amines is 1. The fourth-order valence-corrected chi connectivity index (χ4v) is 1.66. The molecule has 2 rings (SSSR count). The molecule has 1 atom stereocenters. The molecule has 7 nitrogen and oxygen atoms in total. The molecule has 3 N–H and O–H groups in total. The maximum Gasteiger partial charge on any atom is 0.228 e. The fraction of sp³-hybridized carbons (Fsp3) is 0.600. The molecule has 2 aromatic rings. The Morgan fingerprint density at radius 2 is 2.29 bits per heavy atom. The number of hydrogen-bond acceptors (Lipinski definition) is 6. The van der Waals surface area contributed by atoms with Crippen molar-refractivity contribution in [3.63, 3.8) is 0 Å². The van der Waals surface area contributed by atoms with Gasteiger partial charge in [-0.1, -0.05) is 19.0 Å². The first kappa shape index (κ1) is 11.7. The van der Waals surface area contributed by atoms with Gasteiger partial charge in [-0.15, -0.1) is 0 Å². The molecular weight excluding hydrogens is 220 g/mol. The molecule has 0 fully saturated rings. The number of H-pyrrole nitrogens is 1. The van der Waals surface area contributed by atoms with Crippen molar-refractivity contribution in [3.8, 4) is 11.5 Å². The van der Waals surface area contributed by atoms with E-state index in [1.165, 1.54) is 0 Å². The van der Waals surface area contributed by atoms with Gasteiger partial charge in [-0.2, -0.15) is 20.4 Å². The van der Waals surface area contributed by atoms with E-state index in [0.717, 1.165) is 6.42 Å². The standard InChI is InChI=1S/C10H16N6O/c1-6(2)3-7(11)4-9-13-10(15-17-9)8-5-12-16-14-8/h5-7H,3-4,11H2,1-2H3,(H,12,14,16). The maximum absolute atomic E-state index is 5.97. The van der Waals surface area contributed by atoms with E-state index in [1.54, 1.807) is 6.20 Å². The van der Waals surface area contributed by atoms with Crippen molar-refractivity contribution < 1.29 is 4.52 Å². The second-order valence-electron chi connectivity index (χ2n) is 4.46. The zero-order chi connectivity index (χ0) is 12.3. The second-order valence-corrected chi connectivity index (χ2v) is 4.46. The molecule has 2 aromatic heterocycles. The summed E-state index contributed by atoms with van der Waals surface area (Å²) >= 11 is 0. The summed E-state index contributed by atoms with van der Waals surface area (Å²) in [5.74, 6) is 1.53. The van der Waals surface area contributed by atoms with Gasteiger partial charge >= 0.3 is 0 Å². The van der Waals surface area contributed by atoms with Crippen LogP contribution in [-0.2, 0) is 6.42 Å². The molecule has 0 saturated carbocycles. The van der Waals surface area contributed by atoms with E-state index in [2.05, 4.69) is 39.4 Å². The summed E-state index contributed by atoms with van der Waals surface area (Å²) in [5, 5.41) is 13.9. The third-order valence-corrected chi connectivity index (χ3v) is 2.32. The lowest BCUT2D eigenvalue weighted by molar-refractivity contribution is 0.359. The van der Waals surface area contributed by atoms with Crippen molar-refractivity contribution in [2.24, 2.45) is 11.7 Å². The molecule has 2 heterocycles. The van der Waals surface area contributed by atoms with Crippen molar-refractivity contribution in [2.75, 3.05) is 0 Å². The van der Waals surface area contributed by atoms with Gasteiger partial charge in [-0.25, -0.2) is 0 Å². The van der Waals surface area contributed by atoms with Crippen LogP contribution < -0.4 is 5.73 Å². The Morgan fingerprint density at radius 1 is 1.47 bits per heavy atom. The van der Waals surface area contributed by atoms with Crippen LogP contribution in [0.15, 0.2) is 10.7 Å². The first-order valence-electron chi connectivity index (χ1n) is 5.59. The third-order valence-electron chi connectivity index (χ3n) is 2.32. The molecule has 92 valence electrons. The molecule has 0 radical (unpaired) electrons. The van der Waals surface area contributed by atoms with Crippen LogP contribution in [0.1, 0.15) is 26.2 Å². The molecule has 1 unspecified atom stereocenters. The van der Waals surface area contributed by atoms with Gasteiger partial charge in [0, 0.05) is 12.5 Å². The van der Waals surface area contributed by atoms with E-state index in [0.29, 0.717) is 29.7 Å². The molecule has 0 saturated heterocycles. The van der Waals surface area contributed by atoms with Crippen LogP contribution in [0.3, 0.4) is 0 Å². The van der Waals surface area contributed by atoms with Crippen LogP contribution in [0, 0.1) is 5.92 Å². The van der Waals surface area contributed by atoms with E-state index in [-0.39, 0.29) is 6.04 Å². The normalized spacial score (nSPS) is 13.2. The largest absolute Gasteiger partial charge is 0.339 e. The zero-order valence-corrected chi connectivity index (χ0v) is 9.92. The van der Waals surface area contributed by atoms with Gasteiger partial charge in [0.05, 0.1) is 6.20 Å². The molecule has 17 heavy (non-hydrogen) atoms. The van der Waals surface area contributed by atoms with Crippen LogP contribution in [0.2, 0.25) is 0 Å². The average Bonchev–Trinajstić information content (AvgIpc) is 2.84. The monoisotopic (exact) mass is 236 g/mol. The van der Waals surface area contributed by atoms with Crippen LogP contribution in [0.25, 0.3) is 11.5 Å². The molecule has 0 aliphatic rings. The predicted molar refractivity (Wildman–Crippen MR) is 60.8 cm³/mol. The molecule has 0 aliphatic carbocycles. The smallest absolute Gasteiger partial charge is 0.228 e. The summed E-state index contributed by atoms with van der Waals surface area (Å²) in [6.45, 7) is 4.27. The number of nitrogens with zero attached hydrogens (tertiary/aromatic N) is 4. The van der Waals surface area contributed by atoms with Gasteiger partial charge in [-0.05, 0) is 12.3 Å². The summed E-state index contributed by atoms with van der Waals surface area (Å²) in [6, 6.07) is 0.0422. The topological polar surface area (TPSA) is 107 Å². The van der Waals surface area contributed by atoms with E-state index in [1.807, 2.05) is 0 Å². The number of nitrogens with one attached hydrogen (secondary N) is 1. The van der Waals surface area contributed by atoms with Crippen molar-refractivity contribution >= 4 is 0 Å². The van der Waals surface area contributed by atoms with Crippen molar-refractivity contribution in [3.05, 3.63) is 12.1 Å². The quantitative estimate of drug-likeness (QED) is 0.794. The van der Waals surface area contributed by atoms with Crippen molar-refractivity contribution in [1.82, 2.24) is 25.6 Å². The highest BCUT2D eigenvalue weighted by Crippen LogP contribution is 2.13. The Hall–Kier alpha value is -1.76. The minimum absolute atomic E-state index is 0.0422. The Labute approximate surface area is 98.8 Å². The van der Waals surface area contributed by atoms with Gasteiger partial charge < -0.3 is 10.3 Å². The summed E-state index contributed by atoms with van der Waals surface area (Å²) < 4.78 is 5.12. The lowest BCUT2D eigenvalue weighted by atomic mass is 10.0. The third kappa shape index (κ3) is 3.10. The van der Waals surface area contributed by atoms with Crippen molar-refractivity contribution in [2.45, 2.75) is 32.7 Å². The first-order chi connectivity index (χ1) is 8.15. The number of hydrogen-bond donors (Lipinski definition) is 2. The fourth-order valence-electron chi connectivity index (χ4n) is 1.66. The van der Waals surface area contributed by atoms with Gasteiger partial charge in [0.2, 0.25) is 11.7 Å². The van der Waals surface area contributed by atoms with E-state index >= 15 is 0 Å². The van der Waals surface area contributed by atoms with Gasteiger partial charge in [0.25, 0.3) is 0 Å². The minimum atomic E-state index is 0.0422. The van der Waals surface area contributed by atoms with E-state index < -0.39 is 0 Å². The zero-order valence-electron chi connectivity index (χ0n) is 9.92. The lowest BCUT2D eigenvalue weighted by Gasteiger charge is -2.10. The van der Waals surface area contributed by atoms with E-state index in [4.69, 9.17) is 10.3 Å². The molecule has 7 heteroatoms. The Morgan fingerprint density at radius 3 is 2.94 bits per heavy atom. The highest BCUT2D eigenvalue weighted by atomic mass is 16.5. The highest BCUT2D eigenvalue weighted by molar-refractivity contribution is 5.44. The average molecular weight is 236 g/mol. The van der Waals surface area contributed by atoms with Crippen LogP contribution >= 0.6 is 0 Å². The van der Waals surface area contributed by atoms with Gasteiger partial charge in [0.1, 0.15) is 0 Å². The highest BCUT2D eigenvalue weighted by Gasteiger charge is 2.14. The van der Waals surface area contributed by atoms with Crippen LogP contribution in [0.4, 0.5) is 0 Å². The summed E-state index contributed by atoms with van der Waals surface area (Å²) in [5.41, 5.74) is 6.54. The lowest BCUT2D eigenvalue weighted by Crippen LogP contribution is -2.24. The van der Waals surface area contributed by atoms with Gasteiger partial charge in [-0.3, -0.25) is 0 Å². The number of rotatable bonds is 5.